The van der Waals surface area contributed by atoms with Crippen molar-refractivity contribution in [2.24, 2.45) is 0 Å². The molecule has 0 saturated heterocycles. The van der Waals surface area contributed by atoms with Crippen LogP contribution in [-0.2, 0) is 6.54 Å². The summed E-state index contributed by atoms with van der Waals surface area (Å²) in [7, 11) is 0. The summed E-state index contributed by atoms with van der Waals surface area (Å²) in [6, 6.07) is 11.8. The molecule has 4 heteroatoms. The van der Waals surface area contributed by atoms with Crippen LogP contribution >= 0.6 is 11.6 Å². The lowest BCUT2D eigenvalue weighted by molar-refractivity contribution is 1.09. The topological polar surface area (TPSA) is 37.8 Å². The Kier molecular flexibility index (Phi) is 3.52. The van der Waals surface area contributed by atoms with Crippen LogP contribution in [0.15, 0.2) is 48.8 Å². The van der Waals surface area contributed by atoms with E-state index in [1.54, 1.807) is 6.20 Å². The molecule has 0 fully saturated rings. The van der Waals surface area contributed by atoms with E-state index in [9.17, 15) is 0 Å². The van der Waals surface area contributed by atoms with Gasteiger partial charge in [-0.3, -0.25) is 9.97 Å². The molecule has 2 heterocycles. The predicted molar refractivity (Wildman–Crippen MR) is 83.1 cm³/mol. The molecule has 0 aliphatic heterocycles. The van der Waals surface area contributed by atoms with E-state index in [1.165, 1.54) is 0 Å². The molecular weight excluding hydrogens is 270 g/mol. The summed E-state index contributed by atoms with van der Waals surface area (Å²) in [4.78, 5) is 8.63. The predicted octanol–water partition coefficient (Wildman–Crippen LogP) is 4.20. The molecule has 3 rings (SSSR count). The zero-order valence-corrected chi connectivity index (χ0v) is 11.9. The Labute approximate surface area is 122 Å². The SMILES string of the molecule is Cc1ccc(CNc2ccnc3cc(Cl)ccc23)cn1. The minimum Gasteiger partial charge on any atom is -0.380 e. The van der Waals surface area contributed by atoms with Crippen molar-refractivity contribution in [3.63, 3.8) is 0 Å². The number of halogens is 1. The number of hydrogen-bond donors (Lipinski definition) is 1. The van der Waals surface area contributed by atoms with Crippen molar-refractivity contribution < 1.29 is 0 Å². The third-order valence-corrected chi connectivity index (χ3v) is 3.40. The largest absolute Gasteiger partial charge is 0.380 e. The van der Waals surface area contributed by atoms with Crippen LogP contribution in [0.2, 0.25) is 5.02 Å². The average molecular weight is 284 g/mol. The van der Waals surface area contributed by atoms with Gasteiger partial charge >= 0.3 is 0 Å². The van der Waals surface area contributed by atoms with Gasteiger partial charge in [-0.05, 0) is 42.8 Å². The smallest absolute Gasteiger partial charge is 0.0737 e. The Morgan fingerprint density at radius 3 is 2.80 bits per heavy atom. The van der Waals surface area contributed by atoms with E-state index >= 15 is 0 Å². The van der Waals surface area contributed by atoms with Gasteiger partial charge in [0.2, 0.25) is 0 Å². The fourth-order valence-corrected chi connectivity index (χ4v) is 2.24. The van der Waals surface area contributed by atoms with Crippen molar-refractivity contribution in [2.75, 3.05) is 5.32 Å². The lowest BCUT2D eigenvalue weighted by atomic mass is 10.2. The van der Waals surface area contributed by atoms with E-state index in [0.717, 1.165) is 34.4 Å². The number of pyridine rings is 2. The summed E-state index contributed by atoms with van der Waals surface area (Å²) in [6.07, 6.45) is 3.68. The van der Waals surface area contributed by atoms with Crippen LogP contribution in [0.5, 0.6) is 0 Å². The lowest BCUT2D eigenvalue weighted by Gasteiger charge is -2.09. The quantitative estimate of drug-likeness (QED) is 0.783. The highest BCUT2D eigenvalue weighted by molar-refractivity contribution is 6.31. The monoisotopic (exact) mass is 283 g/mol. The van der Waals surface area contributed by atoms with E-state index in [4.69, 9.17) is 11.6 Å². The molecule has 0 spiro atoms. The van der Waals surface area contributed by atoms with Gasteiger partial charge < -0.3 is 5.32 Å². The average Bonchev–Trinajstić information content (AvgIpc) is 2.46. The Bertz CT molecular complexity index is 738. The molecule has 3 aromatic rings. The molecule has 3 nitrogen and oxygen atoms in total. The molecule has 1 aromatic carbocycles. The molecule has 0 radical (unpaired) electrons. The number of rotatable bonds is 3. The minimum absolute atomic E-state index is 0.699. The van der Waals surface area contributed by atoms with Gasteiger partial charge in [0, 0.05) is 40.7 Å². The number of benzene rings is 1. The van der Waals surface area contributed by atoms with E-state index in [-0.39, 0.29) is 0 Å². The summed E-state index contributed by atoms with van der Waals surface area (Å²) in [5, 5.41) is 5.19. The van der Waals surface area contributed by atoms with Crippen LogP contribution in [0.4, 0.5) is 5.69 Å². The number of anilines is 1. The first-order chi connectivity index (χ1) is 9.72. The number of hydrogen-bond acceptors (Lipinski definition) is 3. The second-order valence-corrected chi connectivity index (χ2v) is 5.12. The second-order valence-electron chi connectivity index (χ2n) is 4.68. The van der Waals surface area contributed by atoms with Crippen LogP contribution in [0, 0.1) is 6.92 Å². The fraction of sp³-hybridized carbons (Fsp3) is 0.125. The number of nitrogens with one attached hydrogen (secondary N) is 1. The minimum atomic E-state index is 0.699. The molecule has 2 aromatic heterocycles. The maximum absolute atomic E-state index is 5.99. The molecular formula is C16H14ClN3. The maximum atomic E-state index is 5.99. The highest BCUT2D eigenvalue weighted by Crippen LogP contribution is 2.24. The summed E-state index contributed by atoms with van der Waals surface area (Å²) in [6.45, 7) is 2.71. The van der Waals surface area contributed by atoms with Gasteiger partial charge in [0.15, 0.2) is 0 Å². The number of nitrogens with zero attached hydrogens (tertiary/aromatic N) is 2. The molecule has 20 heavy (non-hydrogen) atoms. The molecule has 0 aliphatic rings. The lowest BCUT2D eigenvalue weighted by Crippen LogP contribution is -2.01. The van der Waals surface area contributed by atoms with Crippen molar-refractivity contribution >= 4 is 28.2 Å². The summed E-state index contributed by atoms with van der Waals surface area (Å²) >= 11 is 5.99. The van der Waals surface area contributed by atoms with Crippen molar-refractivity contribution in [3.8, 4) is 0 Å². The fourth-order valence-electron chi connectivity index (χ4n) is 2.08. The first-order valence-electron chi connectivity index (χ1n) is 6.42. The van der Waals surface area contributed by atoms with Gasteiger partial charge in [-0.15, -0.1) is 0 Å². The van der Waals surface area contributed by atoms with Crippen molar-refractivity contribution in [3.05, 3.63) is 65.1 Å². The highest BCUT2D eigenvalue weighted by Gasteiger charge is 2.02. The third-order valence-electron chi connectivity index (χ3n) is 3.16. The zero-order chi connectivity index (χ0) is 13.9. The van der Waals surface area contributed by atoms with E-state index < -0.39 is 0 Å². The van der Waals surface area contributed by atoms with Crippen molar-refractivity contribution in [2.45, 2.75) is 13.5 Å². The first-order valence-corrected chi connectivity index (χ1v) is 6.80. The summed E-state index contributed by atoms with van der Waals surface area (Å²) in [5.74, 6) is 0. The third kappa shape index (κ3) is 2.73. The van der Waals surface area contributed by atoms with Crippen LogP contribution in [0.3, 0.4) is 0 Å². The van der Waals surface area contributed by atoms with Crippen molar-refractivity contribution in [1.29, 1.82) is 0 Å². The van der Waals surface area contributed by atoms with Crippen LogP contribution in [0.25, 0.3) is 10.9 Å². The first kappa shape index (κ1) is 12.9. The number of aryl methyl sites for hydroxylation is 1. The summed E-state index contributed by atoms with van der Waals surface area (Å²) in [5.41, 5.74) is 4.11. The number of fused-ring (bicyclic) bond motifs is 1. The Balaban J connectivity index is 1.85. The molecule has 0 atom stereocenters. The Morgan fingerprint density at radius 2 is 2.00 bits per heavy atom. The Hall–Kier alpha value is -2.13. The van der Waals surface area contributed by atoms with E-state index in [2.05, 4.69) is 21.4 Å². The van der Waals surface area contributed by atoms with E-state index in [1.807, 2.05) is 43.5 Å². The van der Waals surface area contributed by atoms with Gasteiger partial charge in [0.1, 0.15) is 0 Å². The van der Waals surface area contributed by atoms with Gasteiger partial charge in [-0.1, -0.05) is 17.7 Å². The maximum Gasteiger partial charge on any atom is 0.0737 e. The van der Waals surface area contributed by atoms with Gasteiger partial charge in [0.05, 0.1) is 5.52 Å². The van der Waals surface area contributed by atoms with Crippen LogP contribution < -0.4 is 5.32 Å². The molecule has 0 unspecified atom stereocenters. The second kappa shape index (κ2) is 5.47. The van der Waals surface area contributed by atoms with Crippen molar-refractivity contribution in [1.82, 2.24) is 9.97 Å². The highest BCUT2D eigenvalue weighted by atomic mass is 35.5. The summed E-state index contributed by atoms with van der Waals surface area (Å²) < 4.78 is 0. The van der Waals surface area contributed by atoms with Gasteiger partial charge in [-0.25, -0.2) is 0 Å². The number of aromatic nitrogens is 2. The molecule has 100 valence electrons. The standard InChI is InChI=1S/C16H14ClN3/c1-11-2-3-12(9-19-11)10-20-15-6-7-18-16-8-13(17)4-5-14(15)16/h2-9H,10H2,1H3,(H,18,20). The van der Waals surface area contributed by atoms with Gasteiger partial charge in [0.25, 0.3) is 0 Å². The Morgan fingerprint density at radius 1 is 1.10 bits per heavy atom. The zero-order valence-electron chi connectivity index (χ0n) is 11.1. The normalized spacial score (nSPS) is 10.7. The molecule has 0 bridgehead atoms. The van der Waals surface area contributed by atoms with E-state index in [0.29, 0.717) is 5.02 Å². The molecule has 0 amide bonds. The molecule has 0 aliphatic carbocycles. The van der Waals surface area contributed by atoms with Crippen LogP contribution in [0.1, 0.15) is 11.3 Å². The van der Waals surface area contributed by atoms with Crippen LogP contribution in [-0.4, -0.2) is 9.97 Å². The van der Waals surface area contributed by atoms with Gasteiger partial charge in [-0.2, -0.15) is 0 Å². The molecule has 0 saturated carbocycles. The molecule has 1 N–H and O–H groups in total.